The molecule has 2 rings (SSSR count). The summed E-state index contributed by atoms with van der Waals surface area (Å²) in [6, 6.07) is 5.25. The van der Waals surface area contributed by atoms with E-state index in [2.05, 4.69) is 6.92 Å². The van der Waals surface area contributed by atoms with Crippen LogP contribution < -0.4 is 0 Å². The zero-order chi connectivity index (χ0) is 11.7. The van der Waals surface area contributed by atoms with Crippen LogP contribution in [-0.2, 0) is 13.5 Å². The highest BCUT2D eigenvalue weighted by Gasteiger charge is 2.16. The lowest BCUT2D eigenvalue weighted by Gasteiger charge is -1.98. The van der Waals surface area contributed by atoms with Crippen molar-refractivity contribution in [3.05, 3.63) is 40.1 Å². The predicted octanol–water partition coefficient (Wildman–Crippen LogP) is 3.04. The first kappa shape index (κ1) is 10.7. The Bertz CT molecular complexity index is 543. The molecule has 0 fully saturated rings. The Labute approximate surface area is 93.6 Å². The topological polar surface area (TPSA) is 48.1 Å². The summed E-state index contributed by atoms with van der Waals surface area (Å²) in [6.07, 6.45) is 3.99. The number of fused-ring (bicyclic) bond motifs is 1. The van der Waals surface area contributed by atoms with Crippen molar-refractivity contribution in [1.29, 1.82) is 0 Å². The van der Waals surface area contributed by atoms with Crippen molar-refractivity contribution in [2.45, 2.75) is 19.8 Å². The summed E-state index contributed by atoms with van der Waals surface area (Å²) in [5.41, 5.74) is 2.09. The van der Waals surface area contributed by atoms with Crippen LogP contribution in [0.5, 0.6) is 0 Å². The quantitative estimate of drug-likeness (QED) is 0.587. The van der Waals surface area contributed by atoms with Crippen LogP contribution in [-0.4, -0.2) is 9.49 Å². The van der Waals surface area contributed by atoms with E-state index in [9.17, 15) is 10.1 Å². The number of hydrogen-bond donors (Lipinski definition) is 0. The largest absolute Gasteiger partial charge is 0.345 e. The molecule has 0 spiro atoms. The smallest absolute Gasteiger partial charge is 0.293 e. The molecule has 1 aromatic heterocycles. The highest BCUT2D eigenvalue weighted by Crippen LogP contribution is 2.29. The van der Waals surface area contributed by atoms with Gasteiger partial charge in [-0.25, -0.2) is 0 Å². The molecule has 0 radical (unpaired) electrons. The molecule has 0 aliphatic heterocycles. The van der Waals surface area contributed by atoms with Crippen LogP contribution in [0.4, 0.5) is 5.69 Å². The van der Waals surface area contributed by atoms with Crippen LogP contribution in [0.25, 0.3) is 10.9 Å². The Balaban J connectivity index is 2.74. The third-order valence-corrected chi connectivity index (χ3v) is 2.78. The fourth-order valence-electron chi connectivity index (χ4n) is 2.14. The first-order chi connectivity index (χ1) is 7.65. The molecule has 0 N–H and O–H groups in total. The number of nitro benzene ring substituents is 1. The highest BCUT2D eigenvalue weighted by atomic mass is 16.6. The van der Waals surface area contributed by atoms with Gasteiger partial charge in [0.25, 0.3) is 5.69 Å². The highest BCUT2D eigenvalue weighted by molar-refractivity contribution is 5.91. The van der Waals surface area contributed by atoms with Crippen molar-refractivity contribution in [2.24, 2.45) is 7.05 Å². The summed E-state index contributed by atoms with van der Waals surface area (Å²) in [6.45, 7) is 2.11. The van der Waals surface area contributed by atoms with Gasteiger partial charge < -0.3 is 4.57 Å². The van der Waals surface area contributed by atoms with Crippen molar-refractivity contribution >= 4 is 16.6 Å². The Kier molecular flexibility index (Phi) is 2.64. The monoisotopic (exact) mass is 218 g/mol. The van der Waals surface area contributed by atoms with Crippen LogP contribution >= 0.6 is 0 Å². The number of hydrogen-bond acceptors (Lipinski definition) is 2. The summed E-state index contributed by atoms with van der Waals surface area (Å²) in [7, 11) is 1.86. The van der Waals surface area contributed by atoms with E-state index >= 15 is 0 Å². The number of nitro groups is 1. The minimum Gasteiger partial charge on any atom is -0.345 e. The van der Waals surface area contributed by atoms with Gasteiger partial charge in [-0.2, -0.15) is 0 Å². The van der Waals surface area contributed by atoms with E-state index in [1.165, 1.54) is 5.56 Å². The molecule has 0 aliphatic rings. The molecule has 2 aromatic rings. The number of rotatable bonds is 3. The predicted molar refractivity (Wildman–Crippen MR) is 63.6 cm³/mol. The SMILES string of the molecule is CCCc1cn(C)c2c([N+](=O)[O-])cccc12. The number of non-ortho nitro benzene ring substituents is 1. The number of aryl methyl sites for hydroxylation is 2. The minimum absolute atomic E-state index is 0.183. The van der Waals surface area contributed by atoms with Gasteiger partial charge in [0.05, 0.1) is 4.92 Å². The number of para-hydroxylation sites is 1. The molecular weight excluding hydrogens is 204 g/mol. The third kappa shape index (κ3) is 1.56. The molecule has 0 saturated heterocycles. The molecule has 0 saturated carbocycles. The average molecular weight is 218 g/mol. The van der Waals surface area contributed by atoms with E-state index in [1.807, 2.05) is 23.9 Å². The summed E-state index contributed by atoms with van der Waals surface area (Å²) in [5, 5.41) is 11.9. The molecule has 1 heterocycles. The molecule has 4 nitrogen and oxygen atoms in total. The second-order valence-electron chi connectivity index (χ2n) is 3.95. The first-order valence-corrected chi connectivity index (χ1v) is 5.36. The molecule has 0 aliphatic carbocycles. The van der Waals surface area contributed by atoms with Gasteiger partial charge in [-0.15, -0.1) is 0 Å². The molecule has 1 aromatic carbocycles. The van der Waals surface area contributed by atoms with E-state index in [4.69, 9.17) is 0 Å². The fraction of sp³-hybridized carbons (Fsp3) is 0.333. The van der Waals surface area contributed by atoms with Gasteiger partial charge in [-0.1, -0.05) is 25.5 Å². The molecule has 16 heavy (non-hydrogen) atoms. The minimum atomic E-state index is -0.321. The molecule has 0 unspecified atom stereocenters. The lowest BCUT2D eigenvalue weighted by atomic mass is 10.1. The Morgan fingerprint density at radius 1 is 1.44 bits per heavy atom. The van der Waals surface area contributed by atoms with Crippen LogP contribution in [0.3, 0.4) is 0 Å². The maximum Gasteiger partial charge on any atom is 0.293 e. The van der Waals surface area contributed by atoms with Crippen LogP contribution in [0, 0.1) is 10.1 Å². The standard InChI is InChI=1S/C12H14N2O2/c1-3-5-9-8-13(2)12-10(9)6-4-7-11(12)14(15)16/h4,6-8H,3,5H2,1-2H3. The Morgan fingerprint density at radius 2 is 2.19 bits per heavy atom. The van der Waals surface area contributed by atoms with Gasteiger partial charge in [0.2, 0.25) is 0 Å². The van der Waals surface area contributed by atoms with E-state index in [0.717, 1.165) is 23.7 Å². The van der Waals surface area contributed by atoms with Gasteiger partial charge in [-0.3, -0.25) is 10.1 Å². The van der Waals surface area contributed by atoms with E-state index < -0.39 is 0 Å². The molecule has 84 valence electrons. The third-order valence-electron chi connectivity index (χ3n) is 2.78. The lowest BCUT2D eigenvalue weighted by molar-refractivity contribution is -0.383. The van der Waals surface area contributed by atoms with Crippen molar-refractivity contribution in [3.63, 3.8) is 0 Å². The Morgan fingerprint density at radius 3 is 2.81 bits per heavy atom. The fourth-order valence-corrected chi connectivity index (χ4v) is 2.14. The summed E-state index contributed by atoms with van der Waals surface area (Å²) in [4.78, 5) is 10.6. The average Bonchev–Trinajstić information content (AvgIpc) is 2.57. The number of benzene rings is 1. The Hall–Kier alpha value is -1.84. The van der Waals surface area contributed by atoms with Crippen molar-refractivity contribution in [1.82, 2.24) is 4.57 Å². The molecule has 0 atom stereocenters. The summed E-state index contributed by atoms with van der Waals surface area (Å²) in [5.74, 6) is 0. The van der Waals surface area contributed by atoms with Crippen molar-refractivity contribution < 1.29 is 4.92 Å². The zero-order valence-electron chi connectivity index (χ0n) is 9.43. The van der Waals surface area contributed by atoms with E-state index in [1.54, 1.807) is 12.1 Å². The molecular formula is C12H14N2O2. The summed E-state index contributed by atoms with van der Waals surface area (Å²) >= 11 is 0. The number of aromatic nitrogens is 1. The van der Waals surface area contributed by atoms with Crippen LogP contribution in [0.15, 0.2) is 24.4 Å². The summed E-state index contributed by atoms with van der Waals surface area (Å²) < 4.78 is 1.85. The zero-order valence-corrected chi connectivity index (χ0v) is 9.43. The van der Waals surface area contributed by atoms with Crippen LogP contribution in [0.1, 0.15) is 18.9 Å². The van der Waals surface area contributed by atoms with Crippen molar-refractivity contribution in [2.75, 3.05) is 0 Å². The second kappa shape index (κ2) is 3.96. The van der Waals surface area contributed by atoms with Gasteiger partial charge in [-0.05, 0) is 12.0 Å². The van der Waals surface area contributed by atoms with Crippen molar-refractivity contribution in [3.8, 4) is 0 Å². The normalized spacial score (nSPS) is 10.9. The maximum atomic E-state index is 10.9. The molecule has 4 heteroatoms. The van der Waals surface area contributed by atoms with Crippen LogP contribution in [0.2, 0.25) is 0 Å². The maximum absolute atomic E-state index is 10.9. The van der Waals surface area contributed by atoms with E-state index in [0.29, 0.717) is 0 Å². The van der Waals surface area contributed by atoms with E-state index in [-0.39, 0.29) is 10.6 Å². The molecule has 0 amide bonds. The van der Waals surface area contributed by atoms with Gasteiger partial charge in [0, 0.05) is 24.7 Å². The first-order valence-electron chi connectivity index (χ1n) is 5.36. The van der Waals surface area contributed by atoms with Gasteiger partial charge >= 0.3 is 0 Å². The second-order valence-corrected chi connectivity index (χ2v) is 3.95. The van der Waals surface area contributed by atoms with Gasteiger partial charge in [0.15, 0.2) is 0 Å². The molecule has 0 bridgehead atoms. The number of nitrogens with zero attached hydrogens (tertiary/aromatic N) is 2. The van der Waals surface area contributed by atoms with Gasteiger partial charge in [0.1, 0.15) is 5.52 Å². The lowest BCUT2D eigenvalue weighted by Crippen LogP contribution is -1.92.